The second kappa shape index (κ2) is 6.28. The van der Waals surface area contributed by atoms with E-state index in [0.717, 1.165) is 5.69 Å². The molecule has 3 N–H and O–H groups in total. The molecule has 2 rings (SSSR count). The molecule has 0 amide bonds. The van der Waals surface area contributed by atoms with E-state index in [9.17, 15) is 0 Å². The standard InChI is InChI=1S/C11H20N4OS/c12-11-10(13-14-17-11)8-15(6-7-16)9-4-2-1-3-5-9/h9,16H,1-8,12H2. The number of nitrogen functional groups attached to an aromatic ring is 1. The molecule has 96 valence electrons. The van der Waals surface area contributed by atoms with E-state index in [1.807, 2.05) is 0 Å². The Morgan fingerprint density at radius 3 is 2.71 bits per heavy atom. The lowest BCUT2D eigenvalue weighted by Crippen LogP contribution is -2.38. The molecule has 17 heavy (non-hydrogen) atoms. The van der Waals surface area contributed by atoms with Crippen LogP contribution in [0.4, 0.5) is 5.00 Å². The van der Waals surface area contributed by atoms with Crippen LogP contribution in [0.1, 0.15) is 37.8 Å². The van der Waals surface area contributed by atoms with E-state index in [4.69, 9.17) is 10.8 Å². The molecule has 0 atom stereocenters. The zero-order valence-electron chi connectivity index (χ0n) is 10.0. The summed E-state index contributed by atoms with van der Waals surface area (Å²) in [7, 11) is 0. The van der Waals surface area contributed by atoms with E-state index >= 15 is 0 Å². The summed E-state index contributed by atoms with van der Waals surface area (Å²) in [6.07, 6.45) is 6.35. The second-order valence-electron chi connectivity index (χ2n) is 4.57. The van der Waals surface area contributed by atoms with Gasteiger partial charge in [-0.1, -0.05) is 23.8 Å². The molecule has 0 spiro atoms. The topological polar surface area (TPSA) is 75.3 Å². The van der Waals surface area contributed by atoms with Gasteiger partial charge >= 0.3 is 0 Å². The SMILES string of the molecule is Nc1snnc1CN(CCO)C1CCCCC1. The molecule has 1 aliphatic carbocycles. The minimum absolute atomic E-state index is 0.188. The molecule has 1 saturated carbocycles. The van der Waals surface area contributed by atoms with Crippen LogP contribution >= 0.6 is 11.5 Å². The molecule has 1 aromatic rings. The van der Waals surface area contributed by atoms with Gasteiger partial charge < -0.3 is 10.8 Å². The Morgan fingerprint density at radius 2 is 2.12 bits per heavy atom. The van der Waals surface area contributed by atoms with Crippen LogP contribution in [0.3, 0.4) is 0 Å². The Balaban J connectivity index is 1.98. The molecule has 1 aromatic heterocycles. The molecular formula is C11H20N4OS. The van der Waals surface area contributed by atoms with Gasteiger partial charge in [0.2, 0.25) is 0 Å². The number of hydrogen-bond acceptors (Lipinski definition) is 6. The predicted molar refractivity (Wildman–Crippen MR) is 68.7 cm³/mol. The summed E-state index contributed by atoms with van der Waals surface area (Å²) in [6, 6.07) is 0.567. The predicted octanol–water partition coefficient (Wildman–Crippen LogP) is 1.25. The van der Waals surface area contributed by atoms with Crippen LogP contribution < -0.4 is 5.73 Å². The van der Waals surface area contributed by atoms with Gasteiger partial charge in [-0.15, -0.1) is 5.10 Å². The minimum atomic E-state index is 0.188. The van der Waals surface area contributed by atoms with Gasteiger partial charge in [-0.2, -0.15) is 0 Å². The summed E-state index contributed by atoms with van der Waals surface area (Å²) in [5.74, 6) is 0. The van der Waals surface area contributed by atoms with E-state index in [0.29, 0.717) is 24.1 Å². The molecule has 5 nitrogen and oxygen atoms in total. The number of rotatable bonds is 5. The fourth-order valence-electron chi connectivity index (χ4n) is 2.48. The van der Waals surface area contributed by atoms with Crippen molar-refractivity contribution in [2.75, 3.05) is 18.9 Å². The summed E-state index contributed by atoms with van der Waals surface area (Å²) in [6.45, 7) is 1.60. The number of anilines is 1. The smallest absolute Gasteiger partial charge is 0.132 e. The summed E-state index contributed by atoms with van der Waals surface area (Å²) < 4.78 is 3.86. The monoisotopic (exact) mass is 256 g/mol. The van der Waals surface area contributed by atoms with Crippen molar-refractivity contribution in [1.29, 1.82) is 0 Å². The number of nitrogens with two attached hydrogens (primary N) is 1. The third-order valence-electron chi connectivity index (χ3n) is 3.42. The third-order valence-corrected chi connectivity index (χ3v) is 4.01. The van der Waals surface area contributed by atoms with Gasteiger partial charge in [0, 0.05) is 30.7 Å². The summed E-state index contributed by atoms with van der Waals surface area (Å²) >= 11 is 1.24. The number of hydrogen-bond donors (Lipinski definition) is 2. The Morgan fingerprint density at radius 1 is 1.35 bits per heavy atom. The molecule has 1 heterocycles. The van der Waals surface area contributed by atoms with Crippen molar-refractivity contribution in [3.8, 4) is 0 Å². The highest BCUT2D eigenvalue weighted by molar-refractivity contribution is 7.09. The Kier molecular flexibility index (Phi) is 4.70. The zero-order valence-corrected chi connectivity index (χ0v) is 10.8. The van der Waals surface area contributed by atoms with Crippen LogP contribution in [-0.2, 0) is 6.54 Å². The number of aliphatic hydroxyl groups is 1. The molecule has 6 heteroatoms. The van der Waals surface area contributed by atoms with Crippen LogP contribution in [0.5, 0.6) is 0 Å². The lowest BCUT2D eigenvalue weighted by Gasteiger charge is -2.33. The Bertz CT molecular complexity index is 338. The van der Waals surface area contributed by atoms with Crippen molar-refractivity contribution < 1.29 is 5.11 Å². The first-order valence-corrected chi connectivity index (χ1v) is 7.00. The van der Waals surface area contributed by atoms with Crippen molar-refractivity contribution in [3.05, 3.63) is 5.69 Å². The number of aromatic nitrogens is 2. The highest BCUT2D eigenvalue weighted by Gasteiger charge is 2.22. The van der Waals surface area contributed by atoms with Crippen molar-refractivity contribution in [1.82, 2.24) is 14.5 Å². The van der Waals surface area contributed by atoms with Crippen molar-refractivity contribution in [2.24, 2.45) is 0 Å². The van der Waals surface area contributed by atoms with E-state index in [1.54, 1.807) is 0 Å². The van der Waals surface area contributed by atoms with Crippen molar-refractivity contribution in [3.63, 3.8) is 0 Å². The fourth-order valence-corrected chi connectivity index (χ4v) is 2.92. The van der Waals surface area contributed by atoms with Crippen molar-refractivity contribution >= 4 is 16.5 Å². The second-order valence-corrected chi connectivity index (χ2v) is 5.36. The van der Waals surface area contributed by atoms with E-state index in [-0.39, 0.29) is 6.61 Å². The quantitative estimate of drug-likeness (QED) is 0.829. The number of aliphatic hydroxyl groups excluding tert-OH is 1. The zero-order chi connectivity index (χ0) is 12.1. The molecular weight excluding hydrogens is 236 g/mol. The van der Waals surface area contributed by atoms with Crippen LogP contribution in [0.2, 0.25) is 0 Å². The molecule has 1 aliphatic rings. The van der Waals surface area contributed by atoms with E-state index in [2.05, 4.69) is 14.5 Å². The molecule has 0 aromatic carbocycles. The van der Waals surface area contributed by atoms with Crippen LogP contribution in [0.15, 0.2) is 0 Å². The van der Waals surface area contributed by atoms with E-state index < -0.39 is 0 Å². The first-order valence-electron chi connectivity index (χ1n) is 6.23. The van der Waals surface area contributed by atoms with Crippen LogP contribution in [0.25, 0.3) is 0 Å². The average molecular weight is 256 g/mol. The molecule has 1 fully saturated rings. The van der Waals surface area contributed by atoms with Gasteiger partial charge in [-0.3, -0.25) is 4.90 Å². The Hall–Kier alpha value is -0.720. The highest BCUT2D eigenvalue weighted by Crippen LogP contribution is 2.25. The summed E-state index contributed by atoms with van der Waals surface area (Å²) in [5, 5.41) is 13.9. The largest absolute Gasteiger partial charge is 0.395 e. The molecule has 0 radical (unpaired) electrons. The highest BCUT2D eigenvalue weighted by atomic mass is 32.1. The Labute approximate surface area is 106 Å². The first kappa shape index (κ1) is 12.7. The van der Waals surface area contributed by atoms with Gasteiger partial charge in [0.25, 0.3) is 0 Å². The number of nitrogens with zero attached hydrogens (tertiary/aromatic N) is 3. The van der Waals surface area contributed by atoms with E-state index in [1.165, 1.54) is 43.6 Å². The lowest BCUT2D eigenvalue weighted by molar-refractivity contribution is 0.116. The maximum absolute atomic E-state index is 9.16. The van der Waals surface area contributed by atoms with Crippen molar-refractivity contribution in [2.45, 2.75) is 44.7 Å². The molecule has 0 bridgehead atoms. The molecule has 0 unspecified atom stereocenters. The van der Waals surface area contributed by atoms with Gasteiger partial charge in [0.1, 0.15) is 10.7 Å². The van der Waals surface area contributed by atoms with Gasteiger partial charge in [-0.05, 0) is 12.8 Å². The summed E-state index contributed by atoms with van der Waals surface area (Å²) in [5.41, 5.74) is 6.67. The fraction of sp³-hybridized carbons (Fsp3) is 0.818. The molecule has 0 aliphatic heterocycles. The van der Waals surface area contributed by atoms with Crippen LogP contribution in [0, 0.1) is 0 Å². The van der Waals surface area contributed by atoms with Gasteiger partial charge in [0.05, 0.1) is 6.61 Å². The molecule has 0 saturated heterocycles. The minimum Gasteiger partial charge on any atom is -0.395 e. The third kappa shape index (κ3) is 3.37. The van der Waals surface area contributed by atoms with Gasteiger partial charge in [-0.25, -0.2) is 0 Å². The van der Waals surface area contributed by atoms with Crippen LogP contribution in [-0.4, -0.2) is 38.8 Å². The summed E-state index contributed by atoms with van der Waals surface area (Å²) in [4.78, 5) is 2.30. The van der Waals surface area contributed by atoms with Gasteiger partial charge in [0.15, 0.2) is 0 Å². The maximum Gasteiger partial charge on any atom is 0.132 e. The average Bonchev–Trinajstić information content (AvgIpc) is 2.76. The normalized spacial score (nSPS) is 17.8. The lowest BCUT2D eigenvalue weighted by atomic mass is 9.94. The first-order chi connectivity index (χ1) is 8.31. The maximum atomic E-state index is 9.16.